The van der Waals surface area contributed by atoms with Crippen LogP contribution in [0, 0.1) is 12.7 Å². The van der Waals surface area contributed by atoms with Crippen molar-refractivity contribution in [2.24, 2.45) is 0 Å². The van der Waals surface area contributed by atoms with E-state index >= 15 is 0 Å². The Morgan fingerprint density at radius 1 is 1.23 bits per heavy atom. The number of aromatic nitrogens is 1. The van der Waals surface area contributed by atoms with Gasteiger partial charge in [0.2, 0.25) is 0 Å². The van der Waals surface area contributed by atoms with Crippen LogP contribution in [-0.2, 0) is 6.54 Å². The Kier molecular flexibility index (Phi) is 4.55. The first-order valence-corrected chi connectivity index (χ1v) is 7.76. The second-order valence-electron chi connectivity index (χ2n) is 5.94. The Morgan fingerprint density at radius 3 is 2.59 bits per heavy atom. The van der Waals surface area contributed by atoms with Crippen LogP contribution in [0.15, 0.2) is 34.9 Å². The zero-order chi connectivity index (χ0) is 15.5. The molecule has 1 aromatic heterocycles. The fourth-order valence-corrected chi connectivity index (χ4v) is 3.04. The Balaban J connectivity index is 1.56. The van der Waals surface area contributed by atoms with Crippen LogP contribution in [0.5, 0.6) is 0 Å². The van der Waals surface area contributed by atoms with Crippen molar-refractivity contribution in [3.63, 3.8) is 0 Å². The molecular formula is C17H22FN3O. The third-order valence-corrected chi connectivity index (χ3v) is 4.37. The first-order chi connectivity index (χ1) is 10.6. The van der Waals surface area contributed by atoms with Gasteiger partial charge >= 0.3 is 0 Å². The van der Waals surface area contributed by atoms with Crippen LogP contribution in [0.3, 0.4) is 0 Å². The predicted octanol–water partition coefficient (Wildman–Crippen LogP) is 3.00. The number of halogens is 1. The summed E-state index contributed by atoms with van der Waals surface area (Å²) in [6, 6.07) is 9.15. The van der Waals surface area contributed by atoms with Crippen molar-refractivity contribution >= 4 is 0 Å². The van der Waals surface area contributed by atoms with Crippen molar-refractivity contribution in [1.82, 2.24) is 15.0 Å². The summed E-state index contributed by atoms with van der Waals surface area (Å²) in [6.45, 7) is 8.60. The lowest BCUT2D eigenvalue weighted by atomic mass is 10.1. The summed E-state index contributed by atoms with van der Waals surface area (Å²) in [6.07, 6.45) is 0. The van der Waals surface area contributed by atoms with Gasteiger partial charge in [-0.15, -0.1) is 0 Å². The first-order valence-electron chi connectivity index (χ1n) is 7.76. The minimum atomic E-state index is -0.115. The molecule has 118 valence electrons. The molecule has 0 spiro atoms. The van der Waals surface area contributed by atoms with Gasteiger partial charge in [-0.05, 0) is 19.9 Å². The molecule has 0 bridgehead atoms. The minimum absolute atomic E-state index is 0.109. The van der Waals surface area contributed by atoms with Crippen LogP contribution in [0.25, 0.3) is 0 Å². The van der Waals surface area contributed by atoms with E-state index in [-0.39, 0.29) is 11.9 Å². The topological polar surface area (TPSA) is 32.5 Å². The van der Waals surface area contributed by atoms with E-state index in [1.54, 1.807) is 6.07 Å². The van der Waals surface area contributed by atoms with Crippen molar-refractivity contribution in [2.75, 3.05) is 26.2 Å². The summed E-state index contributed by atoms with van der Waals surface area (Å²) in [5.74, 6) is 0.734. The van der Waals surface area contributed by atoms with Gasteiger partial charge in [-0.25, -0.2) is 4.39 Å². The summed E-state index contributed by atoms with van der Waals surface area (Å²) < 4.78 is 19.0. The van der Waals surface area contributed by atoms with E-state index in [9.17, 15) is 4.39 Å². The Hall–Kier alpha value is -1.72. The molecule has 4 nitrogen and oxygen atoms in total. The molecule has 1 fully saturated rings. The van der Waals surface area contributed by atoms with E-state index in [1.807, 2.05) is 25.1 Å². The van der Waals surface area contributed by atoms with Crippen LogP contribution < -0.4 is 0 Å². The van der Waals surface area contributed by atoms with Crippen LogP contribution >= 0.6 is 0 Å². The average Bonchev–Trinajstić information content (AvgIpc) is 2.93. The molecule has 0 saturated carbocycles. The molecule has 0 amide bonds. The molecular weight excluding hydrogens is 281 g/mol. The average molecular weight is 303 g/mol. The van der Waals surface area contributed by atoms with E-state index in [2.05, 4.69) is 21.9 Å². The molecule has 1 atom stereocenters. The van der Waals surface area contributed by atoms with Gasteiger partial charge in [0, 0.05) is 50.4 Å². The van der Waals surface area contributed by atoms with E-state index in [0.29, 0.717) is 0 Å². The van der Waals surface area contributed by atoms with Crippen LogP contribution in [-0.4, -0.2) is 41.1 Å². The lowest BCUT2D eigenvalue weighted by molar-refractivity contribution is 0.0950. The quantitative estimate of drug-likeness (QED) is 0.869. The van der Waals surface area contributed by atoms with Gasteiger partial charge in [0.15, 0.2) is 0 Å². The molecule has 5 heteroatoms. The summed E-state index contributed by atoms with van der Waals surface area (Å²) in [4.78, 5) is 4.70. The number of hydrogen-bond acceptors (Lipinski definition) is 4. The third-order valence-electron chi connectivity index (χ3n) is 4.37. The summed E-state index contributed by atoms with van der Waals surface area (Å²) in [7, 11) is 0. The summed E-state index contributed by atoms with van der Waals surface area (Å²) in [5, 5.41) is 4.04. The normalized spacial score (nSPS) is 18.5. The summed E-state index contributed by atoms with van der Waals surface area (Å²) in [5.41, 5.74) is 1.76. The molecule has 0 unspecified atom stereocenters. The van der Waals surface area contributed by atoms with E-state index < -0.39 is 0 Å². The summed E-state index contributed by atoms with van der Waals surface area (Å²) >= 11 is 0. The first kappa shape index (κ1) is 15.2. The van der Waals surface area contributed by atoms with Gasteiger partial charge in [-0.1, -0.05) is 23.4 Å². The maximum absolute atomic E-state index is 13.9. The fraction of sp³-hybridized carbons (Fsp3) is 0.471. The largest absolute Gasteiger partial charge is 0.361 e. The second-order valence-corrected chi connectivity index (χ2v) is 5.94. The van der Waals surface area contributed by atoms with Crippen molar-refractivity contribution in [3.05, 3.63) is 53.2 Å². The molecule has 1 aliphatic heterocycles. The zero-order valence-corrected chi connectivity index (χ0v) is 13.1. The number of piperazine rings is 1. The van der Waals surface area contributed by atoms with E-state index in [0.717, 1.165) is 49.7 Å². The molecule has 22 heavy (non-hydrogen) atoms. The van der Waals surface area contributed by atoms with Gasteiger partial charge < -0.3 is 4.52 Å². The fourth-order valence-electron chi connectivity index (χ4n) is 3.04. The number of nitrogens with zero attached hydrogens (tertiary/aromatic N) is 3. The van der Waals surface area contributed by atoms with Crippen LogP contribution in [0.2, 0.25) is 0 Å². The molecule has 0 radical (unpaired) electrons. The molecule has 1 aliphatic rings. The molecule has 2 aromatic rings. The lowest BCUT2D eigenvalue weighted by Crippen LogP contribution is -2.46. The number of rotatable bonds is 4. The monoisotopic (exact) mass is 303 g/mol. The minimum Gasteiger partial charge on any atom is -0.361 e. The van der Waals surface area contributed by atoms with E-state index in [1.165, 1.54) is 6.07 Å². The molecule has 3 rings (SSSR count). The van der Waals surface area contributed by atoms with Crippen molar-refractivity contribution in [1.29, 1.82) is 0 Å². The third kappa shape index (κ3) is 3.36. The highest BCUT2D eigenvalue weighted by Gasteiger charge is 2.24. The maximum Gasteiger partial charge on any atom is 0.133 e. The van der Waals surface area contributed by atoms with Crippen LogP contribution in [0.4, 0.5) is 4.39 Å². The maximum atomic E-state index is 13.9. The molecule has 0 N–H and O–H groups in total. The highest BCUT2D eigenvalue weighted by Crippen LogP contribution is 2.24. The smallest absolute Gasteiger partial charge is 0.133 e. The van der Waals surface area contributed by atoms with Gasteiger partial charge in [0.05, 0.1) is 5.69 Å². The van der Waals surface area contributed by atoms with Gasteiger partial charge in [-0.2, -0.15) is 0 Å². The number of benzene rings is 1. The Labute approximate surface area is 130 Å². The number of hydrogen-bond donors (Lipinski definition) is 0. The Morgan fingerprint density at radius 2 is 1.95 bits per heavy atom. The number of aryl methyl sites for hydroxylation is 1. The molecule has 0 aliphatic carbocycles. The molecule has 2 heterocycles. The van der Waals surface area contributed by atoms with Crippen LogP contribution in [0.1, 0.15) is 30.0 Å². The predicted molar refractivity (Wildman–Crippen MR) is 82.9 cm³/mol. The highest BCUT2D eigenvalue weighted by molar-refractivity contribution is 5.20. The lowest BCUT2D eigenvalue weighted by Gasteiger charge is -2.38. The van der Waals surface area contributed by atoms with Gasteiger partial charge in [0.25, 0.3) is 0 Å². The standard InChI is InChI=1S/C17H22FN3O/c1-13-11-15(19-22-13)12-20-7-9-21(10-8-20)14(2)16-5-3-4-6-17(16)18/h3-6,11,14H,7-10,12H2,1-2H3/t14-/m0/s1. The Bertz CT molecular complexity index is 620. The highest BCUT2D eigenvalue weighted by atomic mass is 19.1. The molecule has 1 saturated heterocycles. The zero-order valence-electron chi connectivity index (χ0n) is 13.1. The second kappa shape index (κ2) is 6.58. The van der Waals surface area contributed by atoms with Gasteiger partial charge in [-0.3, -0.25) is 9.80 Å². The molecule has 1 aromatic carbocycles. The van der Waals surface area contributed by atoms with Crippen molar-refractivity contribution in [3.8, 4) is 0 Å². The van der Waals surface area contributed by atoms with Crippen molar-refractivity contribution in [2.45, 2.75) is 26.4 Å². The van der Waals surface area contributed by atoms with E-state index in [4.69, 9.17) is 4.52 Å². The van der Waals surface area contributed by atoms with Crippen molar-refractivity contribution < 1.29 is 8.91 Å². The van der Waals surface area contributed by atoms with Gasteiger partial charge in [0.1, 0.15) is 11.6 Å². The SMILES string of the molecule is Cc1cc(CN2CCN([C@@H](C)c3ccccc3F)CC2)no1.